The van der Waals surface area contributed by atoms with Crippen LogP contribution in [0.2, 0.25) is 0 Å². The van der Waals surface area contributed by atoms with Crippen LogP contribution >= 0.6 is 0 Å². The van der Waals surface area contributed by atoms with Crippen LogP contribution in [-0.4, -0.2) is 33.4 Å². The van der Waals surface area contributed by atoms with E-state index in [1.165, 1.54) is 10.2 Å². The number of nitrogens with zero attached hydrogens (tertiary/aromatic N) is 2. The zero-order valence-electron chi connectivity index (χ0n) is 19.6. The van der Waals surface area contributed by atoms with Crippen LogP contribution in [-0.2, 0) is 16.0 Å². The van der Waals surface area contributed by atoms with Gasteiger partial charge in [0.1, 0.15) is 11.7 Å². The molecule has 0 bridgehead atoms. The Bertz CT molecular complexity index is 1380. The summed E-state index contributed by atoms with van der Waals surface area (Å²) in [4.78, 5) is 37.3. The van der Waals surface area contributed by atoms with Crippen LogP contribution in [0.4, 0.5) is 0 Å². The molecule has 4 aromatic rings. The highest BCUT2D eigenvalue weighted by Crippen LogP contribution is 2.24. The van der Waals surface area contributed by atoms with Crippen molar-refractivity contribution in [3.63, 3.8) is 0 Å². The van der Waals surface area contributed by atoms with Crippen LogP contribution in [0.5, 0.6) is 0 Å². The van der Waals surface area contributed by atoms with E-state index < -0.39 is 23.6 Å². The summed E-state index contributed by atoms with van der Waals surface area (Å²) in [5, 5.41) is 7.15. The monoisotopic (exact) mass is 466 g/mol. The van der Waals surface area contributed by atoms with E-state index in [4.69, 9.17) is 5.73 Å². The minimum Gasteiger partial charge on any atom is -0.363 e. The van der Waals surface area contributed by atoms with Crippen LogP contribution in [0.1, 0.15) is 27.3 Å². The highest BCUT2D eigenvalue weighted by atomic mass is 16.2. The van der Waals surface area contributed by atoms with Gasteiger partial charge in [-0.1, -0.05) is 66.7 Å². The van der Waals surface area contributed by atoms with Gasteiger partial charge in [0.05, 0.1) is 11.4 Å². The van der Waals surface area contributed by atoms with E-state index in [1.54, 1.807) is 13.0 Å². The standard InChI is InChI=1S/C28H26N4O3/c1-18-8-6-7-11-23(18)21-12-14-22(15-13-21)32-25(16-19(2)31-32)28(35)30-24(26(33)27(29)34)17-20-9-4-3-5-10-20/h3-16,24H,17H2,1-2H3,(H2,29,34)(H,30,35)/t24-/m0/s1. The molecule has 35 heavy (non-hydrogen) atoms. The lowest BCUT2D eigenvalue weighted by molar-refractivity contribution is -0.137. The topological polar surface area (TPSA) is 107 Å². The molecule has 0 fully saturated rings. The molecule has 1 atom stereocenters. The maximum Gasteiger partial charge on any atom is 0.287 e. The summed E-state index contributed by atoms with van der Waals surface area (Å²) in [5.74, 6) is -2.47. The molecule has 1 aromatic heterocycles. The summed E-state index contributed by atoms with van der Waals surface area (Å²) < 4.78 is 1.53. The summed E-state index contributed by atoms with van der Waals surface area (Å²) in [6.07, 6.45) is 0.145. The second kappa shape index (κ2) is 10.2. The third kappa shape index (κ3) is 5.35. The summed E-state index contributed by atoms with van der Waals surface area (Å²) in [6, 6.07) is 25.5. The molecule has 1 heterocycles. The minimum absolute atomic E-state index is 0.145. The number of aryl methyl sites for hydroxylation is 2. The number of nitrogens with one attached hydrogen (secondary N) is 1. The van der Waals surface area contributed by atoms with Crippen LogP contribution in [0.25, 0.3) is 16.8 Å². The molecule has 0 spiro atoms. The number of benzene rings is 3. The van der Waals surface area contributed by atoms with E-state index in [2.05, 4.69) is 29.5 Å². The van der Waals surface area contributed by atoms with Crippen molar-refractivity contribution >= 4 is 17.6 Å². The first-order valence-electron chi connectivity index (χ1n) is 11.2. The summed E-state index contributed by atoms with van der Waals surface area (Å²) in [7, 11) is 0. The Balaban J connectivity index is 1.61. The lowest BCUT2D eigenvalue weighted by Gasteiger charge is -2.17. The molecule has 0 aliphatic carbocycles. The maximum atomic E-state index is 13.2. The maximum absolute atomic E-state index is 13.2. The second-order valence-electron chi connectivity index (χ2n) is 8.39. The highest BCUT2D eigenvalue weighted by molar-refractivity contribution is 6.38. The van der Waals surface area contributed by atoms with Crippen LogP contribution < -0.4 is 11.1 Å². The Morgan fingerprint density at radius 2 is 1.57 bits per heavy atom. The van der Waals surface area contributed by atoms with Crippen LogP contribution in [0.15, 0.2) is 84.9 Å². The summed E-state index contributed by atoms with van der Waals surface area (Å²) >= 11 is 0. The first-order valence-corrected chi connectivity index (χ1v) is 11.2. The molecule has 0 saturated heterocycles. The molecule has 7 nitrogen and oxygen atoms in total. The molecule has 176 valence electrons. The van der Waals surface area contributed by atoms with Gasteiger partial charge in [-0.3, -0.25) is 14.4 Å². The predicted octanol–water partition coefficient (Wildman–Crippen LogP) is 3.55. The lowest BCUT2D eigenvalue weighted by Crippen LogP contribution is -2.47. The van der Waals surface area contributed by atoms with Crippen molar-refractivity contribution in [2.75, 3.05) is 0 Å². The van der Waals surface area contributed by atoms with Gasteiger partial charge in [-0.2, -0.15) is 5.10 Å². The Hall–Kier alpha value is -4.52. The summed E-state index contributed by atoms with van der Waals surface area (Å²) in [6.45, 7) is 3.84. The van der Waals surface area contributed by atoms with Crippen molar-refractivity contribution in [2.45, 2.75) is 26.3 Å². The fourth-order valence-electron chi connectivity index (χ4n) is 4.00. The van der Waals surface area contributed by atoms with Gasteiger partial charge in [0.2, 0.25) is 5.78 Å². The van der Waals surface area contributed by atoms with Crippen molar-refractivity contribution < 1.29 is 14.4 Å². The van der Waals surface area contributed by atoms with Gasteiger partial charge in [0.25, 0.3) is 11.8 Å². The molecule has 4 rings (SSSR count). The Morgan fingerprint density at radius 1 is 0.914 bits per heavy atom. The number of primary amides is 1. The first kappa shape index (κ1) is 23.6. The van der Waals surface area contributed by atoms with Gasteiger partial charge >= 0.3 is 0 Å². The summed E-state index contributed by atoms with van der Waals surface area (Å²) in [5.41, 5.74) is 11.0. The van der Waals surface area contributed by atoms with Crippen LogP contribution in [0, 0.1) is 13.8 Å². The normalized spacial score (nSPS) is 11.6. The third-order valence-corrected chi connectivity index (χ3v) is 5.78. The van der Waals surface area contributed by atoms with Gasteiger partial charge in [-0.05, 0) is 54.3 Å². The number of aromatic nitrogens is 2. The number of carbonyl (C=O) groups excluding carboxylic acids is 3. The van der Waals surface area contributed by atoms with Gasteiger partial charge in [0, 0.05) is 6.42 Å². The molecular formula is C28H26N4O3. The zero-order valence-corrected chi connectivity index (χ0v) is 19.6. The minimum atomic E-state index is -1.09. The molecule has 2 amide bonds. The molecule has 7 heteroatoms. The van der Waals surface area contributed by atoms with Crippen molar-refractivity contribution in [1.29, 1.82) is 0 Å². The highest BCUT2D eigenvalue weighted by Gasteiger charge is 2.27. The average molecular weight is 467 g/mol. The number of Topliss-reactive ketones (excluding diaryl/α,β-unsaturated/α-hetero) is 1. The molecule has 0 radical (unpaired) electrons. The van der Waals surface area contributed by atoms with Crippen molar-refractivity contribution in [1.82, 2.24) is 15.1 Å². The number of rotatable bonds is 8. The fraction of sp³-hybridized carbons (Fsp3) is 0.143. The van der Waals surface area contributed by atoms with E-state index in [1.807, 2.05) is 66.7 Å². The molecule has 0 aliphatic heterocycles. The van der Waals surface area contributed by atoms with Gasteiger partial charge < -0.3 is 11.1 Å². The molecule has 3 aromatic carbocycles. The lowest BCUT2D eigenvalue weighted by atomic mass is 10.0. The number of hydrogen-bond donors (Lipinski definition) is 2. The first-order chi connectivity index (χ1) is 16.8. The molecule has 0 unspecified atom stereocenters. The number of hydrogen-bond acceptors (Lipinski definition) is 4. The van der Waals surface area contributed by atoms with Crippen molar-refractivity contribution in [2.24, 2.45) is 5.73 Å². The van der Waals surface area contributed by atoms with E-state index in [0.29, 0.717) is 11.4 Å². The van der Waals surface area contributed by atoms with Gasteiger partial charge in [0.15, 0.2) is 0 Å². The van der Waals surface area contributed by atoms with Gasteiger partial charge in [-0.15, -0.1) is 0 Å². The molecule has 3 N–H and O–H groups in total. The molecule has 0 saturated carbocycles. The number of nitrogens with two attached hydrogens (primary N) is 1. The molecule has 0 aliphatic rings. The number of ketones is 1. The Morgan fingerprint density at radius 3 is 2.23 bits per heavy atom. The number of carbonyl (C=O) groups is 3. The van der Waals surface area contributed by atoms with E-state index >= 15 is 0 Å². The molecular weight excluding hydrogens is 440 g/mol. The third-order valence-electron chi connectivity index (χ3n) is 5.78. The van der Waals surface area contributed by atoms with Crippen LogP contribution in [0.3, 0.4) is 0 Å². The average Bonchev–Trinajstić information content (AvgIpc) is 3.26. The second-order valence-corrected chi connectivity index (χ2v) is 8.39. The van der Waals surface area contributed by atoms with Crippen molar-refractivity contribution in [3.05, 3.63) is 107 Å². The van der Waals surface area contributed by atoms with E-state index in [9.17, 15) is 14.4 Å². The zero-order chi connectivity index (χ0) is 24.9. The van der Waals surface area contributed by atoms with Gasteiger partial charge in [-0.25, -0.2) is 4.68 Å². The number of amides is 2. The largest absolute Gasteiger partial charge is 0.363 e. The quantitative estimate of drug-likeness (QED) is 0.387. The Kier molecular flexibility index (Phi) is 6.87. The fourth-order valence-corrected chi connectivity index (χ4v) is 4.00. The van der Waals surface area contributed by atoms with E-state index in [0.717, 1.165) is 16.7 Å². The predicted molar refractivity (Wildman–Crippen MR) is 134 cm³/mol. The van der Waals surface area contributed by atoms with Crippen molar-refractivity contribution in [3.8, 4) is 16.8 Å². The SMILES string of the molecule is Cc1cc(C(=O)N[C@@H](Cc2ccccc2)C(=O)C(N)=O)n(-c2ccc(-c3ccccc3C)cc2)n1. The van der Waals surface area contributed by atoms with E-state index in [-0.39, 0.29) is 12.1 Å². The smallest absolute Gasteiger partial charge is 0.287 e. The Labute approximate surface area is 203 Å².